The topological polar surface area (TPSA) is 72.8 Å². The molecule has 5 heteroatoms. The van der Waals surface area contributed by atoms with Crippen molar-refractivity contribution in [1.82, 2.24) is 0 Å². The standard InChI is InChI=1S/C12H12O5/c1-16-10-6-8(4-3-5-13)9(12(14)15)7-11(10)17-2/h3-7H,1-2H3,(H,14,15). The second kappa shape index (κ2) is 5.69. The number of carbonyl (C=O) groups is 2. The van der Waals surface area contributed by atoms with Crippen LogP contribution in [0, 0.1) is 0 Å². The lowest BCUT2D eigenvalue weighted by Gasteiger charge is -2.10. The van der Waals surface area contributed by atoms with Crippen LogP contribution in [0.1, 0.15) is 15.9 Å². The number of aromatic carboxylic acids is 1. The van der Waals surface area contributed by atoms with E-state index in [1.807, 2.05) is 0 Å². The number of rotatable bonds is 5. The molecule has 0 amide bonds. The quantitative estimate of drug-likeness (QED) is 0.621. The average molecular weight is 236 g/mol. The number of ether oxygens (including phenoxy) is 2. The van der Waals surface area contributed by atoms with Crippen molar-refractivity contribution in [3.05, 3.63) is 29.3 Å². The van der Waals surface area contributed by atoms with Gasteiger partial charge in [-0.25, -0.2) is 4.79 Å². The van der Waals surface area contributed by atoms with Crippen molar-refractivity contribution in [2.45, 2.75) is 0 Å². The zero-order valence-electron chi connectivity index (χ0n) is 9.47. The van der Waals surface area contributed by atoms with Crippen LogP contribution in [0.3, 0.4) is 0 Å². The molecule has 0 bridgehead atoms. The van der Waals surface area contributed by atoms with Gasteiger partial charge in [-0.3, -0.25) is 4.79 Å². The van der Waals surface area contributed by atoms with Gasteiger partial charge < -0.3 is 14.6 Å². The summed E-state index contributed by atoms with van der Waals surface area (Å²) in [6.07, 6.45) is 3.19. The van der Waals surface area contributed by atoms with Gasteiger partial charge in [0.05, 0.1) is 19.8 Å². The summed E-state index contributed by atoms with van der Waals surface area (Å²) < 4.78 is 10.1. The predicted octanol–water partition coefficient (Wildman–Crippen LogP) is 1.61. The molecule has 90 valence electrons. The highest BCUT2D eigenvalue weighted by atomic mass is 16.5. The molecule has 1 N–H and O–H groups in total. The van der Waals surface area contributed by atoms with Gasteiger partial charge in [-0.2, -0.15) is 0 Å². The minimum Gasteiger partial charge on any atom is -0.493 e. The summed E-state index contributed by atoms with van der Waals surface area (Å²) in [6.45, 7) is 0. The van der Waals surface area contributed by atoms with Gasteiger partial charge in [0.15, 0.2) is 11.5 Å². The van der Waals surface area contributed by atoms with Gasteiger partial charge in [0.25, 0.3) is 0 Å². The van der Waals surface area contributed by atoms with Crippen molar-refractivity contribution in [2.24, 2.45) is 0 Å². The van der Waals surface area contributed by atoms with Crippen molar-refractivity contribution in [1.29, 1.82) is 0 Å². The maximum atomic E-state index is 11.0. The zero-order chi connectivity index (χ0) is 12.8. The van der Waals surface area contributed by atoms with Crippen LogP contribution in [0.25, 0.3) is 6.08 Å². The summed E-state index contributed by atoms with van der Waals surface area (Å²) in [5, 5.41) is 9.03. The number of carboxylic acids is 1. The molecule has 1 rings (SSSR count). The van der Waals surface area contributed by atoms with Crippen LogP contribution in [0.2, 0.25) is 0 Å². The summed E-state index contributed by atoms with van der Waals surface area (Å²) in [5.74, 6) is -0.368. The first kappa shape index (κ1) is 12.8. The van der Waals surface area contributed by atoms with E-state index in [0.29, 0.717) is 23.3 Å². The molecule has 0 aliphatic heterocycles. The van der Waals surface area contributed by atoms with E-state index in [4.69, 9.17) is 14.6 Å². The lowest BCUT2D eigenvalue weighted by Crippen LogP contribution is -2.02. The normalized spacial score (nSPS) is 10.2. The highest BCUT2D eigenvalue weighted by Gasteiger charge is 2.14. The summed E-state index contributed by atoms with van der Waals surface area (Å²) in [6, 6.07) is 2.86. The third-order valence-corrected chi connectivity index (χ3v) is 2.14. The average Bonchev–Trinajstić information content (AvgIpc) is 2.34. The fourth-order valence-corrected chi connectivity index (χ4v) is 1.36. The maximum absolute atomic E-state index is 11.0. The molecule has 1 aromatic rings. The first-order chi connectivity index (χ1) is 8.13. The van der Waals surface area contributed by atoms with Crippen LogP contribution in [-0.2, 0) is 4.79 Å². The number of benzene rings is 1. The highest BCUT2D eigenvalue weighted by molar-refractivity contribution is 5.94. The van der Waals surface area contributed by atoms with Crippen molar-refractivity contribution in [2.75, 3.05) is 14.2 Å². The number of hydrogen-bond acceptors (Lipinski definition) is 4. The third kappa shape index (κ3) is 2.84. The predicted molar refractivity (Wildman–Crippen MR) is 61.6 cm³/mol. The number of hydrogen-bond donors (Lipinski definition) is 1. The Morgan fingerprint density at radius 1 is 1.24 bits per heavy atom. The van der Waals surface area contributed by atoms with E-state index < -0.39 is 5.97 Å². The first-order valence-electron chi connectivity index (χ1n) is 4.75. The minimum absolute atomic E-state index is 0.0424. The number of carbonyl (C=O) groups excluding carboxylic acids is 1. The molecule has 1 aromatic carbocycles. The molecule has 0 aliphatic carbocycles. The van der Waals surface area contributed by atoms with Crippen LogP contribution >= 0.6 is 0 Å². The Labute approximate surface area is 98.3 Å². The first-order valence-corrected chi connectivity index (χ1v) is 4.75. The lowest BCUT2D eigenvalue weighted by molar-refractivity contribution is -0.104. The van der Waals surface area contributed by atoms with Crippen LogP contribution in [-0.4, -0.2) is 31.6 Å². The van der Waals surface area contributed by atoms with Crippen LogP contribution in [0.4, 0.5) is 0 Å². The number of aldehydes is 1. The van der Waals surface area contributed by atoms with Crippen molar-refractivity contribution >= 4 is 18.3 Å². The van der Waals surface area contributed by atoms with E-state index in [0.717, 1.165) is 0 Å². The molecule has 0 saturated carbocycles. The molecule has 0 fully saturated rings. The minimum atomic E-state index is -1.10. The Kier molecular flexibility index (Phi) is 4.28. The van der Waals surface area contributed by atoms with E-state index in [1.165, 1.54) is 38.5 Å². The van der Waals surface area contributed by atoms with Gasteiger partial charge in [-0.1, -0.05) is 6.08 Å². The molecular formula is C12H12O5. The molecule has 0 atom stereocenters. The maximum Gasteiger partial charge on any atom is 0.336 e. The molecule has 0 aromatic heterocycles. The van der Waals surface area contributed by atoms with E-state index in [9.17, 15) is 9.59 Å². The molecule has 0 saturated heterocycles. The monoisotopic (exact) mass is 236 g/mol. The van der Waals surface area contributed by atoms with Crippen molar-refractivity contribution < 1.29 is 24.2 Å². The van der Waals surface area contributed by atoms with Gasteiger partial charge in [0.1, 0.15) is 6.29 Å². The fourth-order valence-electron chi connectivity index (χ4n) is 1.36. The number of carboxylic acid groups (broad SMARTS) is 1. The highest BCUT2D eigenvalue weighted by Crippen LogP contribution is 2.31. The Balaban J connectivity index is 3.39. The van der Waals surface area contributed by atoms with E-state index in [1.54, 1.807) is 0 Å². The molecule has 0 radical (unpaired) electrons. The Hall–Kier alpha value is -2.30. The van der Waals surface area contributed by atoms with Gasteiger partial charge in [0, 0.05) is 0 Å². The molecule has 0 aliphatic rings. The van der Waals surface area contributed by atoms with E-state index in [-0.39, 0.29) is 5.56 Å². The van der Waals surface area contributed by atoms with E-state index in [2.05, 4.69) is 0 Å². The van der Waals surface area contributed by atoms with Crippen LogP contribution in [0.15, 0.2) is 18.2 Å². The van der Waals surface area contributed by atoms with Gasteiger partial charge in [-0.15, -0.1) is 0 Å². The van der Waals surface area contributed by atoms with Gasteiger partial charge in [-0.05, 0) is 23.8 Å². The zero-order valence-corrected chi connectivity index (χ0v) is 9.47. The number of allylic oxidation sites excluding steroid dienone is 1. The summed E-state index contributed by atoms with van der Waals surface area (Å²) >= 11 is 0. The largest absolute Gasteiger partial charge is 0.493 e. The molecular weight excluding hydrogens is 224 g/mol. The Morgan fingerprint density at radius 3 is 2.29 bits per heavy atom. The van der Waals surface area contributed by atoms with Crippen molar-refractivity contribution in [3.63, 3.8) is 0 Å². The third-order valence-electron chi connectivity index (χ3n) is 2.14. The molecule has 0 heterocycles. The molecule has 5 nitrogen and oxygen atoms in total. The fraction of sp³-hybridized carbons (Fsp3) is 0.167. The Bertz CT molecular complexity index is 462. The molecule has 0 unspecified atom stereocenters. The summed E-state index contributed by atoms with van der Waals surface area (Å²) in [5.41, 5.74) is 0.419. The van der Waals surface area contributed by atoms with E-state index >= 15 is 0 Å². The SMILES string of the molecule is COc1cc(C=CC=O)c(C(=O)O)cc1OC. The lowest BCUT2D eigenvalue weighted by atomic mass is 10.1. The van der Waals surface area contributed by atoms with Crippen molar-refractivity contribution in [3.8, 4) is 11.5 Å². The van der Waals surface area contributed by atoms with Crippen LogP contribution in [0.5, 0.6) is 11.5 Å². The second-order valence-electron chi connectivity index (χ2n) is 3.09. The second-order valence-corrected chi connectivity index (χ2v) is 3.09. The summed E-state index contributed by atoms with van der Waals surface area (Å²) in [7, 11) is 2.87. The van der Waals surface area contributed by atoms with Gasteiger partial charge in [0.2, 0.25) is 0 Å². The smallest absolute Gasteiger partial charge is 0.336 e. The summed E-state index contributed by atoms with van der Waals surface area (Å²) in [4.78, 5) is 21.3. The Morgan fingerprint density at radius 2 is 1.82 bits per heavy atom. The van der Waals surface area contributed by atoms with Crippen LogP contribution < -0.4 is 9.47 Å². The molecule has 0 spiro atoms. The molecule has 17 heavy (non-hydrogen) atoms. The number of methoxy groups -OCH3 is 2. The van der Waals surface area contributed by atoms with Gasteiger partial charge >= 0.3 is 5.97 Å².